The second kappa shape index (κ2) is 20.7. The van der Waals surface area contributed by atoms with Crippen LogP contribution in [0, 0.1) is 0 Å². The molecule has 0 radical (unpaired) electrons. The van der Waals surface area contributed by atoms with Crippen LogP contribution < -0.4 is 16.8 Å². The fourth-order valence-electron chi connectivity index (χ4n) is 2.68. The molecule has 2 rings (SSSR count). The second-order valence-electron chi connectivity index (χ2n) is 7.11. The Balaban J connectivity index is 0. The minimum atomic E-state index is -0.267. The predicted molar refractivity (Wildman–Crippen MR) is 135 cm³/mol. The first-order chi connectivity index (χ1) is 14.8. The van der Waals surface area contributed by atoms with E-state index < -0.39 is 0 Å². The molecule has 1 amide bonds. The van der Waals surface area contributed by atoms with Gasteiger partial charge >= 0.3 is 0 Å². The summed E-state index contributed by atoms with van der Waals surface area (Å²) < 4.78 is 0. The number of anilines is 1. The van der Waals surface area contributed by atoms with E-state index in [1.54, 1.807) is 6.08 Å². The second-order valence-corrected chi connectivity index (χ2v) is 7.11. The molecule has 1 aromatic rings. The summed E-state index contributed by atoms with van der Waals surface area (Å²) in [6, 6.07) is 8.18. The van der Waals surface area contributed by atoms with Gasteiger partial charge in [-0.2, -0.15) is 0 Å². The lowest BCUT2D eigenvalue weighted by molar-refractivity contribution is -0.119. The molecule has 1 fully saturated rings. The number of benzene rings is 1. The lowest BCUT2D eigenvalue weighted by atomic mass is 10.0. The van der Waals surface area contributed by atoms with Gasteiger partial charge in [-0.3, -0.25) is 9.69 Å². The lowest BCUT2D eigenvalue weighted by Crippen LogP contribution is -2.43. The molecule has 6 heteroatoms. The Morgan fingerprint density at radius 2 is 1.77 bits per heavy atom. The van der Waals surface area contributed by atoms with Crippen molar-refractivity contribution in [3.8, 4) is 0 Å². The van der Waals surface area contributed by atoms with E-state index in [2.05, 4.69) is 56.0 Å². The fraction of sp³-hybridized carbons (Fsp3) is 0.480. The number of rotatable bonds is 6. The summed E-state index contributed by atoms with van der Waals surface area (Å²) in [5.74, 6) is -0.267. The maximum atomic E-state index is 10.9. The third-order valence-electron chi connectivity index (χ3n) is 4.56. The third kappa shape index (κ3) is 16.9. The first-order valence-corrected chi connectivity index (χ1v) is 10.8. The third-order valence-corrected chi connectivity index (χ3v) is 4.56. The van der Waals surface area contributed by atoms with Gasteiger partial charge < -0.3 is 21.9 Å². The molecule has 1 aliphatic heterocycles. The van der Waals surface area contributed by atoms with Gasteiger partial charge in [-0.15, -0.1) is 6.58 Å². The van der Waals surface area contributed by atoms with Gasteiger partial charge in [-0.05, 0) is 52.3 Å². The molecule has 0 bridgehead atoms. The van der Waals surface area contributed by atoms with Crippen LogP contribution in [0.5, 0.6) is 0 Å². The summed E-state index contributed by atoms with van der Waals surface area (Å²) in [5.41, 5.74) is 13.2. The molecule has 0 saturated carbocycles. The monoisotopic (exact) mass is 432 g/mol. The van der Waals surface area contributed by atoms with Crippen LogP contribution in [-0.2, 0) is 11.4 Å². The molecule has 6 N–H and O–H groups in total. The highest BCUT2D eigenvalue weighted by Crippen LogP contribution is 2.20. The Bertz CT molecular complexity index is 630. The van der Waals surface area contributed by atoms with E-state index in [-0.39, 0.29) is 12.5 Å². The van der Waals surface area contributed by atoms with E-state index >= 15 is 0 Å². The first kappa shape index (κ1) is 30.6. The molecule has 0 atom stereocenters. The molecule has 1 aliphatic rings. The number of nitrogens with two attached hydrogens (primary N) is 2. The quantitative estimate of drug-likeness (QED) is 0.505. The Kier molecular flexibility index (Phi) is 20.4. The number of para-hydroxylation sites is 1. The Labute approximate surface area is 189 Å². The fourth-order valence-corrected chi connectivity index (χ4v) is 2.68. The molecule has 31 heavy (non-hydrogen) atoms. The van der Waals surface area contributed by atoms with E-state index in [9.17, 15) is 9.90 Å². The molecule has 1 aromatic carbocycles. The predicted octanol–water partition coefficient (Wildman–Crippen LogP) is 4.18. The summed E-state index contributed by atoms with van der Waals surface area (Å²) in [4.78, 5) is 12.9. The number of amides is 1. The number of likely N-dealkylation sites (tertiary alicyclic amines) is 1. The lowest BCUT2D eigenvalue weighted by Gasteiger charge is -2.32. The van der Waals surface area contributed by atoms with Gasteiger partial charge in [-0.25, -0.2) is 0 Å². The molecule has 0 aliphatic carbocycles. The number of hydrogen-bond donors (Lipinski definition) is 4. The van der Waals surface area contributed by atoms with Crippen molar-refractivity contribution in [2.75, 3.05) is 25.0 Å². The molecule has 0 spiro atoms. The number of allylic oxidation sites excluding steroid dienone is 3. The minimum absolute atomic E-state index is 0.0453. The van der Waals surface area contributed by atoms with Crippen LogP contribution in [0.15, 0.2) is 61.3 Å². The molecule has 1 saturated heterocycles. The van der Waals surface area contributed by atoms with Crippen molar-refractivity contribution in [1.29, 1.82) is 0 Å². The maximum Gasteiger partial charge on any atom is 0.231 e. The highest BCUT2D eigenvalue weighted by molar-refractivity contribution is 5.75. The zero-order chi connectivity index (χ0) is 24.1. The van der Waals surface area contributed by atoms with Crippen LogP contribution in [0.2, 0.25) is 0 Å². The van der Waals surface area contributed by atoms with Gasteiger partial charge in [0.05, 0.1) is 13.2 Å². The van der Waals surface area contributed by atoms with Gasteiger partial charge in [-0.1, -0.05) is 49.4 Å². The van der Waals surface area contributed by atoms with E-state index in [4.69, 9.17) is 5.73 Å². The first-order valence-electron chi connectivity index (χ1n) is 10.8. The topological polar surface area (TPSA) is 105 Å². The van der Waals surface area contributed by atoms with Crippen molar-refractivity contribution in [2.45, 2.75) is 59.6 Å². The van der Waals surface area contributed by atoms with Crippen LogP contribution in [0.1, 0.15) is 52.5 Å². The number of carbonyl (C=O) groups is 1. The van der Waals surface area contributed by atoms with E-state index in [1.807, 2.05) is 31.2 Å². The van der Waals surface area contributed by atoms with Crippen molar-refractivity contribution in [1.82, 2.24) is 4.90 Å². The van der Waals surface area contributed by atoms with Crippen LogP contribution >= 0.6 is 0 Å². The highest BCUT2D eigenvalue weighted by Gasteiger charge is 2.20. The summed E-state index contributed by atoms with van der Waals surface area (Å²) in [6.07, 6.45) is 8.29. The Hall–Kier alpha value is -2.57. The van der Waals surface area contributed by atoms with Crippen LogP contribution in [-0.4, -0.2) is 41.6 Å². The van der Waals surface area contributed by atoms with Gasteiger partial charge in [0.1, 0.15) is 0 Å². The average molecular weight is 433 g/mol. The summed E-state index contributed by atoms with van der Waals surface area (Å²) in [5, 5.41) is 12.8. The number of hydrogen-bond acceptors (Lipinski definition) is 5. The number of primary amides is 1. The van der Waals surface area contributed by atoms with Gasteiger partial charge in [0.2, 0.25) is 5.91 Å². The highest BCUT2D eigenvalue weighted by atomic mass is 16.3. The average Bonchev–Trinajstić information content (AvgIpc) is 2.76. The summed E-state index contributed by atoms with van der Waals surface area (Å²) in [6.45, 7) is 16.9. The molecule has 0 aromatic heterocycles. The van der Waals surface area contributed by atoms with Crippen LogP contribution in [0.4, 0.5) is 5.69 Å². The molecule has 1 heterocycles. The minimum Gasteiger partial charge on any atom is -0.405 e. The van der Waals surface area contributed by atoms with Crippen molar-refractivity contribution in [2.24, 2.45) is 11.5 Å². The zero-order valence-corrected chi connectivity index (χ0v) is 19.9. The molecule has 0 unspecified atom stereocenters. The number of aliphatic hydroxyl groups is 1. The molecular formula is C25H44N4O2. The summed E-state index contributed by atoms with van der Waals surface area (Å²) in [7, 11) is 0. The largest absolute Gasteiger partial charge is 0.405 e. The zero-order valence-electron chi connectivity index (χ0n) is 19.9. The van der Waals surface area contributed by atoms with E-state index in [0.717, 1.165) is 37.2 Å². The molecule has 6 nitrogen and oxygen atoms in total. The normalized spacial score (nSPS) is 13.8. The number of carbonyl (C=O) groups excluding carboxylic acids is 1. The van der Waals surface area contributed by atoms with E-state index in [1.165, 1.54) is 18.2 Å². The molecule has 176 valence electrons. The van der Waals surface area contributed by atoms with Crippen molar-refractivity contribution in [3.63, 3.8) is 0 Å². The smallest absolute Gasteiger partial charge is 0.231 e. The SMILES string of the molecule is C/C=C(/C)CC.C=CC.C=CN.NC(=O)CN1CCC(Nc2ccccc2CO)CC1. The van der Waals surface area contributed by atoms with Gasteiger partial charge in [0.15, 0.2) is 0 Å². The number of aliphatic hydroxyl groups excluding tert-OH is 1. The Morgan fingerprint density at radius 3 is 2.16 bits per heavy atom. The van der Waals surface area contributed by atoms with Crippen molar-refractivity contribution >= 4 is 11.6 Å². The van der Waals surface area contributed by atoms with Crippen molar-refractivity contribution in [3.05, 3.63) is 66.9 Å². The Morgan fingerprint density at radius 1 is 1.26 bits per heavy atom. The standard InChI is InChI=1S/C14H21N3O2.C6H12.C3H6.C2H5N/c15-14(19)9-17-7-5-12(6-8-17)16-13-4-2-1-3-11(13)10-18;1-4-6(3)5-2;1-3-2;1-2-3/h1-4,12,16,18H,5-10H2,(H2,15,19);4H,5H2,1-3H3;3H,1H2,2H3;2H,1,3H2/b;6-4-;;. The van der Waals surface area contributed by atoms with E-state index in [0.29, 0.717) is 12.6 Å². The van der Waals surface area contributed by atoms with Gasteiger partial charge in [0.25, 0.3) is 0 Å². The maximum absolute atomic E-state index is 10.9. The van der Waals surface area contributed by atoms with Gasteiger partial charge in [0, 0.05) is 30.4 Å². The molecular weight excluding hydrogens is 388 g/mol. The number of piperidine rings is 1. The van der Waals surface area contributed by atoms with Crippen LogP contribution in [0.25, 0.3) is 0 Å². The van der Waals surface area contributed by atoms with Crippen LogP contribution in [0.3, 0.4) is 0 Å². The van der Waals surface area contributed by atoms with Crippen molar-refractivity contribution < 1.29 is 9.90 Å². The summed E-state index contributed by atoms with van der Waals surface area (Å²) >= 11 is 0. The number of nitrogens with one attached hydrogen (secondary N) is 1. The number of nitrogens with zero attached hydrogens (tertiary/aromatic N) is 1.